The first-order valence-electron chi connectivity index (χ1n) is 6.42. The molecule has 0 aliphatic heterocycles. The molecule has 0 spiro atoms. The van der Waals surface area contributed by atoms with Crippen molar-refractivity contribution in [2.24, 2.45) is 0 Å². The smallest absolute Gasteiger partial charge is 0.263 e. The van der Waals surface area contributed by atoms with Gasteiger partial charge in [-0.15, -0.1) is 0 Å². The van der Waals surface area contributed by atoms with Gasteiger partial charge in [0, 0.05) is 18.2 Å². The second-order valence-electron chi connectivity index (χ2n) is 4.70. The Labute approximate surface area is 116 Å². The van der Waals surface area contributed by atoms with Crippen molar-refractivity contribution in [3.8, 4) is 0 Å². The molecule has 0 bridgehead atoms. The van der Waals surface area contributed by atoms with Gasteiger partial charge in [0.1, 0.15) is 5.82 Å². The maximum atomic E-state index is 13.1. The van der Waals surface area contributed by atoms with Crippen LogP contribution in [0.3, 0.4) is 0 Å². The molecule has 1 nitrogen and oxygen atoms in total. The largest absolute Gasteiger partial charge is 0.306 e. The van der Waals surface area contributed by atoms with Crippen LogP contribution in [0.5, 0.6) is 0 Å². The lowest BCUT2D eigenvalue weighted by Gasteiger charge is -2.14. The zero-order valence-corrected chi connectivity index (χ0v) is 11.1. The monoisotopic (exact) mass is 279 g/mol. The third-order valence-electron chi connectivity index (χ3n) is 3.19. The van der Waals surface area contributed by atoms with Crippen molar-refractivity contribution in [1.82, 2.24) is 5.32 Å². The fraction of sp³-hybridized carbons (Fsp3) is 0.250. The van der Waals surface area contributed by atoms with E-state index in [0.29, 0.717) is 6.54 Å². The molecule has 0 aromatic heterocycles. The number of nitrogens with one attached hydrogen (secondary N) is 1. The van der Waals surface area contributed by atoms with Crippen molar-refractivity contribution < 1.29 is 13.2 Å². The Hall–Kier alpha value is -1.81. The van der Waals surface area contributed by atoms with Crippen LogP contribution in [0.25, 0.3) is 0 Å². The average Bonchev–Trinajstić information content (AvgIpc) is 2.45. The van der Waals surface area contributed by atoms with Crippen LogP contribution in [-0.2, 0) is 6.54 Å². The molecule has 0 unspecified atom stereocenters. The lowest BCUT2D eigenvalue weighted by molar-refractivity contribution is 0.151. The van der Waals surface area contributed by atoms with Gasteiger partial charge in [0.05, 0.1) is 0 Å². The summed E-state index contributed by atoms with van der Waals surface area (Å²) in [6.07, 6.45) is -2.44. The summed E-state index contributed by atoms with van der Waals surface area (Å²) < 4.78 is 38.0. The number of benzene rings is 2. The van der Waals surface area contributed by atoms with E-state index in [2.05, 4.69) is 5.32 Å². The highest BCUT2D eigenvalue weighted by Gasteiger charge is 2.08. The molecule has 1 N–H and O–H groups in total. The molecule has 2 rings (SSSR count). The summed E-state index contributed by atoms with van der Waals surface area (Å²) in [6.45, 7) is 2.48. The van der Waals surface area contributed by atoms with Crippen LogP contribution in [0, 0.1) is 5.82 Å². The first-order valence-corrected chi connectivity index (χ1v) is 6.42. The van der Waals surface area contributed by atoms with Gasteiger partial charge in [-0.25, -0.2) is 13.2 Å². The number of hydrogen-bond acceptors (Lipinski definition) is 1. The quantitative estimate of drug-likeness (QED) is 0.842. The van der Waals surface area contributed by atoms with Crippen molar-refractivity contribution in [1.29, 1.82) is 0 Å². The molecule has 0 saturated heterocycles. The molecule has 0 heterocycles. The van der Waals surface area contributed by atoms with E-state index in [4.69, 9.17) is 0 Å². The van der Waals surface area contributed by atoms with Crippen LogP contribution in [0.2, 0.25) is 0 Å². The van der Waals surface area contributed by atoms with Crippen LogP contribution in [0.1, 0.15) is 36.1 Å². The Kier molecular flexibility index (Phi) is 4.79. The van der Waals surface area contributed by atoms with Gasteiger partial charge in [-0.05, 0) is 30.2 Å². The van der Waals surface area contributed by atoms with E-state index < -0.39 is 6.43 Å². The summed E-state index contributed by atoms with van der Waals surface area (Å²) in [7, 11) is 0. The number of halogens is 3. The third-order valence-corrected chi connectivity index (χ3v) is 3.19. The molecule has 2 aromatic rings. The molecule has 106 valence electrons. The number of rotatable bonds is 5. The maximum absolute atomic E-state index is 13.1. The van der Waals surface area contributed by atoms with Gasteiger partial charge in [-0.2, -0.15) is 0 Å². The summed E-state index contributed by atoms with van der Waals surface area (Å²) >= 11 is 0. The third kappa shape index (κ3) is 3.84. The summed E-state index contributed by atoms with van der Waals surface area (Å²) in [4.78, 5) is 0. The van der Waals surface area contributed by atoms with E-state index in [1.807, 2.05) is 13.0 Å². The Bertz CT molecular complexity index is 552. The van der Waals surface area contributed by atoms with E-state index in [1.54, 1.807) is 18.2 Å². The van der Waals surface area contributed by atoms with Crippen LogP contribution in [0.15, 0.2) is 48.5 Å². The molecule has 0 aliphatic rings. The lowest BCUT2D eigenvalue weighted by atomic mass is 10.1. The van der Waals surface area contributed by atoms with E-state index in [0.717, 1.165) is 11.1 Å². The highest BCUT2D eigenvalue weighted by Crippen LogP contribution is 2.19. The van der Waals surface area contributed by atoms with Gasteiger partial charge >= 0.3 is 0 Å². The lowest BCUT2D eigenvalue weighted by Crippen LogP contribution is -2.18. The summed E-state index contributed by atoms with van der Waals surface area (Å²) in [5.41, 5.74) is 1.79. The second kappa shape index (κ2) is 6.57. The highest BCUT2D eigenvalue weighted by molar-refractivity contribution is 5.24. The van der Waals surface area contributed by atoms with Crippen LogP contribution < -0.4 is 5.32 Å². The Morgan fingerprint density at radius 3 is 2.30 bits per heavy atom. The predicted octanol–water partition coefficient (Wildman–Crippen LogP) is 4.61. The molecule has 20 heavy (non-hydrogen) atoms. The van der Waals surface area contributed by atoms with Crippen molar-refractivity contribution in [2.45, 2.75) is 25.9 Å². The first-order chi connectivity index (χ1) is 9.56. The van der Waals surface area contributed by atoms with Crippen molar-refractivity contribution in [3.63, 3.8) is 0 Å². The van der Waals surface area contributed by atoms with Gasteiger partial charge in [0.25, 0.3) is 6.43 Å². The Balaban J connectivity index is 1.94. The molecule has 1 atom stereocenters. The van der Waals surface area contributed by atoms with Gasteiger partial charge in [-0.1, -0.05) is 36.4 Å². The molecule has 0 amide bonds. The molecule has 0 fully saturated rings. The topological polar surface area (TPSA) is 12.0 Å². The van der Waals surface area contributed by atoms with Crippen molar-refractivity contribution in [3.05, 3.63) is 71.0 Å². The first kappa shape index (κ1) is 14.6. The van der Waals surface area contributed by atoms with E-state index in [-0.39, 0.29) is 17.4 Å². The minimum atomic E-state index is -2.44. The number of alkyl halides is 2. The fourth-order valence-corrected chi connectivity index (χ4v) is 1.95. The van der Waals surface area contributed by atoms with Gasteiger partial charge in [-0.3, -0.25) is 0 Å². The fourth-order valence-electron chi connectivity index (χ4n) is 1.95. The van der Waals surface area contributed by atoms with E-state index >= 15 is 0 Å². The predicted molar refractivity (Wildman–Crippen MR) is 73.1 cm³/mol. The molecule has 0 radical (unpaired) electrons. The van der Waals surface area contributed by atoms with Gasteiger partial charge < -0.3 is 5.32 Å². The molecule has 2 aromatic carbocycles. The maximum Gasteiger partial charge on any atom is 0.263 e. The second-order valence-corrected chi connectivity index (χ2v) is 4.70. The minimum Gasteiger partial charge on any atom is -0.306 e. The van der Waals surface area contributed by atoms with Crippen molar-refractivity contribution >= 4 is 0 Å². The summed E-state index contributed by atoms with van der Waals surface area (Å²) in [5.74, 6) is -0.266. The molecule has 0 saturated carbocycles. The standard InChI is InChI=1S/C16H16F3N/c1-11(14-3-2-4-15(17)9-14)20-10-12-5-7-13(8-6-12)16(18)19/h2-9,11,16,20H,10H2,1H3/t11-/m0/s1. The van der Waals surface area contributed by atoms with Gasteiger partial charge in [0.2, 0.25) is 0 Å². The van der Waals surface area contributed by atoms with E-state index in [9.17, 15) is 13.2 Å². The van der Waals surface area contributed by atoms with Crippen LogP contribution in [0.4, 0.5) is 13.2 Å². The zero-order chi connectivity index (χ0) is 14.5. The zero-order valence-electron chi connectivity index (χ0n) is 11.1. The van der Waals surface area contributed by atoms with E-state index in [1.165, 1.54) is 24.3 Å². The molecular formula is C16H16F3N. The molecule has 0 aliphatic carbocycles. The number of hydrogen-bond donors (Lipinski definition) is 1. The normalized spacial score (nSPS) is 12.7. The summed E-state index contributed by atoms with van der Waals surface area (Å²) in [5, 5.41) is 3.24. The average molecular weight is 279 g/mol. The van der Waals surface area contributed by atoms with Crippen LogP contribution in [-0.4, -0.2) is 0 Å². The SMILES string of the molecule is C[C@H](NCc1ccc(C(F)F)cc1)c1cccc(F)c1. The van der Waals surface area contributed by atoms with Crippen molar-refractivity contribution in [2.75, 3.05) is 0 Å². The Morgan fingerprint density at radius 2 is 1.70 bits per heavy atom. The Morgan fingerprint density at radius 1 is 1.00 bits per heavy atom. The van der Waals surface area contributed by atoms with Gasteiger partial charge in [0.15, 0.2) is 0 Å². The minimum absolute atomic E-state index is 0.0134. The van der Waals surface area contributed by atoms with Crippen LogP contribution >= 0.6 is 0 Å². The molecular weight excluding hydrogens is 263 g/mol. The molecule has 4 heteroatoms. The highest BCUT2D eigenvalue weighted by atomic mass is 19.3. The summed E-state index contributed by atoms with van der Waals surface area (Å²) in [6, 6.07) is 12.6.